The molecular weight excluding hydrogens is 568 g/mol. The second-order valence-electron chi connectivity index (χ2n) is 18.1. The molecule has 4 fully saturated rings. The third-order valence-electron chi connectivity index (χ3n) is 14.3. The minimum atomic E-state index is -0.818. The van der Waals surface area contributed by atoms with E-state index in [-0.39, 0.29) is 27.6 Å². The second-order valence-corrected chi connectivity index (χ2v) is 18.1. The number of fused-ring (bicyclic) bond motifs is 7. The number of benzene rings is 1. The zero-order valence-electron chi connectivity index (χ0n) is 29.7. The van der Waals surface area contributed by atoms with Crippen LogP contribution >= 0.6 is 0 Å². The molecule has 0 heterocycles. The van der Waals surface area contributed by atoms with Gasteiger partial charge in [0.15, 0.2) is 0 Å². The minimum absolute atomic E-state index is 0.00360. The van der Waals surface area contributed by atoms with Crippen molar-refractivity contribution in [1.82, 2.24) is 0 Å². The molecule has 46 heavy (non-hydrogen) atoms. The third kappa shape index (κ3) is 5.25. The summed E-state index contributed by atoms with van der Waals surface area (Å²) in [6.07, 6.45) is 16.8. The lowest BCUT2D eigenvalue weighted by Gasteiger charge is -2.68. The molecule has 0 saturated heterocycles. The van der Waals surface area contributed by atoms with E-state index in [0.29, 0.717) is 41.1 Å². The van der Waals surface area contributed by atoms with Gasteiger partial charge >= 0.3 is 11.9 Å². The normalized spacial score (nSPS) is 39.8. The SMILES string of the molecule is C=C(C)C1CCC2(/C=C/C(=O)O)CC[C@]3(C)C(CCC4C3CCC3C(C)(C)C(c5ccc(C(=O)OC(C)(C)C)cc5)=CCC43C)C12. The first-order valence-electron chi connectivity index (χ1n) is 18.0. The maximum absolute atomic E-state index is 12.7. The first kappa shape index (κ1) is 33.3. The average molecular weight is 627 g/mol. The van der Waals surface area contributed by atoms with Crippen LogP contribution in [0.4, 0.5) is 0 Å². The fourth-order valence-corrected chi connectivity index (χ4v) is 12.4. The number of rotatable bonds is 5. The van der Waals surface area contributed by atoms with Gasteiger partial charge in [-0.3, -0.25) is 0 Å². The summed E-state index contributed by atoms with van der Waals surface area (Å²) in [7, 11) is 0. The molecular formula is C42H58O4. The van der Waals surface area contributed by atoms with Gasteiger partial charge < -0.3 is 9.84 Å². The number of hydrogen-bond donors (Lipinski definition) is 1. The highest BCUT2D eigenvalue weighted by atomic mass is 16.6. The van der Waals surface area contributed by atoms with Crippen LogP contribution in [0.5, 0.6) is 0 Å². The highest BCUT2D eigenvalue weighted by Crippen LogP contribution is 2.74. The van der Waals surface area contributed by atoms with Crippen molar-refractivity contribution in [2.24, 2.45) is 57.2 Å². The van der Waals surface area contributed by atoms with E-state index in [0.717, 1.165) is 25.7 Å². The van der Waals surface area contributed by atoms with Crippen LogP contribution in [0.15, 0.2) is 54.6 Å². The van der Waals surface area contributed by atoms with Gasteiger partial charge in [-0.05, 0) is 166 Å². The van der Waals surface area contributed by atoms with Crippen LogP contribution in [0.3, 0.4) is 0 Å². The Morgan fingerprint density at radius 3 is 2.15 bits per heavy atom. The predicted molar refractivity (Wildman–Crippen MR) is 186 cm³/mol. The van der Waals surface area contributed by atoms with Crippen LogP contribution in [0.25, 0.3) is 5.57 Å². The number of carbonyl (C=O) groups excluding carboxylic acids is 1. The van der Waals surface area contributed by atoms with Gasteiger partial charge in [0, 0.05) is 6.08 Å². The predicted octanol–water partition coefficient (Wildman–Crippen LogP) is 10.5. The average Bonchev–Trinajstić information content (AvgIpc) is 3.35. The first-order chi connectivity index (χ1) is 21.4. The standard InChI is InChI=1S/C42H58O4/c1-26(2)29-18-22-42(23-20-35(43)44)25-24-40(8)31-16-17-34-39(6,7)30(19-21-41(34,9)32(31)14-15-33(40)36(29)42)27-10-12-28(13-11-27)37(45)46-38(3,4)5/h10-13,19-20,23,29,31-34,36H,1,14-18,21-22,24-25H2,2-9H3,(H,43,44)/b23-20+/t29?,31?,32?,33?,34?,36?,40-,41?,42?/m0/s1. The zero-order chi connectivity index (χ0) is 33.4. The monoisotopic (exact) mass is 626 g/mol. The van der Waals surface area contributed by atoms with Gasteiger partial charge in [0.25, 0.3) is 0 Å². The molecule has 0 radical (unpaired) electrons. The Balaban J connectivity index is 1.28. The quantitative estimate of drug-likeness (QED) is 0.201. The van der Waals surface area contributed by atoms with Crippen molar-refractivity contribution in [3.8, 4) is 0 Å². The van der Waals surface area contributed by atoms with Gasteiger partial charge in [0.1, 0.15) is 5.60 Å². The molecule has 8 unspecified atom stereocenters. The van der Waals surface area contributed by atoms with Gasteiger partial charge in [-0.15, -0.1) is 0 Å². The Morgan fingerprint density at radius 2 is 1.52 bits per heavy atom. The van der Waals surface area contributed by atoms with Crippen LogP contribution in [0.2, 0.25) is 0 Å². The van der Waals surface area contributed by atoms with E-state index in [1.165, 1.54) is 54.9 Å². The molecule has 0 amide bonds. The molecule has 1 aromatic rings. The topological polar surface area (TPSA) is 63.6 Å². The summed E-state index contributed by atoms with van der Waals surface area (Å²) >= 11 is 0. The third-order valence-corrected chi connectivity index (χ3v) is 14.3. The van der Waals surface area contributed by atoms with E-state index in [1.54, 1.807) is 0 Å². The van der Waals surface area contributed by atoms with Crippen molar-refractivity contribution in [3.05, 3.63) is 65.8 Å². The molecule has 0 aliphatic heterocycles. The van der Waals surface area contributed by atoms with Gasteiger partial charge in [-0.1, -0.05) is 64.1 Å². The highest BCUT2D eigenvalue weighted by molar-refractivity contribution is 5.90. The summed E-state index contributed by atoms with van der Waals surface area (Å²) in [4.78, 5) is 24.4. The second kappa shape index (κ2) is 11.2. The Labute approximate surface area is 278 Å². The fourth-order valence-electron chi connectivity index (χ4n) is 12.4. The summed E-state index contributed by atoms with van der Waals surface area (Å²) in [6, 6.07) is 8.12. The van der Waals surface area contributed by atoms with Gasteiger partial charge in [-0.25, -0.2) is 9.59 Å². The first-order valence-corrected chi connectivity index (χ1v) is 18.0. The van der Waals surface area contributed by atoms with E-state index in [4.69, 9.17) is 4.74 Å². The smallest absolute Gasteiger partial charge is 0.338 e. The number of esters is 1. The maximum atomic E-state index is 12.7. The van der Waals surface area contributed by atoms with Crippen molar-refractivity contribution in [3.63, 3.8) is 0 Å². The lowest BCUT2D eigenvalue weighted by molar-refractivity contribution is -0.170. The molecule has 4 saturated carbocycles. The van der Waals surface area contributed by atoms with Crippen LogP contribution < -0.4 is 0 Å². The lowest BCUT2D eigenvalue weighted by atomic mass is 9.37. The molecule has 250 valence electrons. The number of allylic oxidation sites excluding steroid dienone is 4. The molecule has 5 aliphatic rings. The molecule has 5 aliphatic carbocycles. The number of carboxylic acids is 1. The zero-order valence-corrected chi connectivity index (χ0v) is 29.7. The van der Waals surface area contributed by atoms with Gasteiger partial charge in [-0.2, -0.15) is 0 Å². The van der Waals surface area contributed by atoms with E-state index in [1.807, 2.05) is 32.9 Å². The number of carbonyl (C=O) groups is 2. The summed E-state index contributed by atoms with van der Waals surface area (Å²) < 4.78 is 5.61. The number of aliphatic carboxylic acids is 1. The van der Waals surface area contributed by atoms with Crippen LogP contribution in [-0.2, 0) is 9.53 Å². The summed E-state index contributed by atoms with van der Waals surface area (Å²) in [5.74, 6) is 2.54. The highest BCUT2D eigenvalue weighted by Gasteiger charge is 2.66. The van der Waals surface area contributed by atoms with E-state index >= 15 is 0 Å². The lowest BCUT2D eigenvalue weighted by Crippen LogP contribution is -2.60. The Bertz CT molecular complexity index is 1450. The Hall–Kier alpha value is -2.62. The molecule has 9 atom stereocenters. The van der Waals surface area contributed by atoms with Crippen molar-refractivity contribution in [2.75, 3.05) is 0 Å². The summed E-state index contributed by atoms with van der Waals surface area (Å²) in [6.45, 7) is 22.6. The molecule has 0 aromatic heterocycles. The fraction of sp³-hybridized carbons (Fsp3) is 0.667. The van der Waals surface area contributed by atoms with Crippen LogP contribution in [0.1, 0.15) is 129 Å². The van der Waals surface area contributed by atoms with Crippen LogP contribution in [0, 0.1) is 57.2 Å². The van der Waals surface area contributed by atoms with Gasteiger partial charge in [0.05, 0.1) is 5.56 Å². The molecule has 0 spiro atoms. The molecule has 4 heteroatoms. The number of ether oxygens (including phenoxy) is 1. The van der Waals surface area contributed by atoms with Crippen molar-refractivity contribution >= 4 is 17.5 Å². The minimum Gasteiger partial charge on any atom is -0.478 e. The van der Waals surface area contributed by atoms with E-state index in [9.17, 15) is 14.7 Å². The van der Waals surface area contributed by atoms with E-state index in [2.05, 4.69) is 65.5 Å². The maximum Gasteiger partial charge on any atom is 0.338 e. The molecule has 1 aromatic carbocycles. The number of hydrogen-bond acceptors (Lipinski definition) is 3. The Morgan fingerprint density at radius 1 is 0.891 bits per heavy atom. The van der Waals surface area contributed by atoms with Crippen molar-refractivity contribution in [1.29, 1.82) is 0 Å². The van der Waals surface area contributed by atoms with Crippen molar-refractivity contribution < 1.29 is 19.4 Å². The molecule has 6 rings (SSSR count). The number of carboxylic acid groups (broad SMARTS) is 1. The van der Waals surface area contributed by atoms with Crippen molar-refractivity contribution in [2.45, 2.75) is 119 Å². The largest absolute Gasteiger partial charge is 0.478 e. The summed E-state index contributed by atoms with van der Waals surface area (Å²) in [5, 5.41) is 9.59. The van der Waals surface area contributed by atoms with Gasteiger partial charge in [0.2, 0.25) is 0 Å². The van der Waals surface area contributed by atoms with E-state index < -0.39 is 11.6 Å². The van der Waals surface area contributed by atoms with Crippen LogP contribution in [-0.4, -0.2) is 22.6 Å². The summed E-state index contributed by atoms with van der Waals surface area (Å²) in [5.41, 5.74) is 4.61. The molecule has 1 N–H and O–H groups in total. The Kier molecular flexibility index (Phi) is 8.13. The molecule has 4 nitrogen and oxygen atoms in total. The molecule has 0 bridgehead atoms.